The van der Waals surface area contributed by atoms with Crippen LogP contribution in [-0.2, 0) is 19.0 Å². The second-order valence-corrected chi connectivity index (χ2v) is 3.00. The number of rotatable bonds is 5. The molecule has 0 bridgehead atoms. The van der Waals surface area contributed by atoms with Gasteiger partial charge in [-0.1, -0.05) is 0 Å². The van der Waals surface area contributed by atoms with Crippen molar-refractivity contribution in [1.82, 2.24) is 0 Å². The van der Waals surface area contributed by atoms with E-state index in [1.165, 1.54) is 7.11 Å². The van der Waals surface area contributed by atoms with Gasteiger partial charge in [-0.05, 0) is 26.8 Å². The highest BCUT2D eigenvalue weighted by Gasteiger charge is 2.10. The Morgan fingerprint density at radius 2 is 1.79 bits per heavy atom. The Hall–Kier alpha value is -0.870. The second kappa shape index (κ2) is 6.56. The van der Waals surface area contributed by atoms with Gasteiger partial charge < -0.3 is 14.2 Å². The first kappa shape index (κ1) is 13.1. The van der Waals surface area contributed by atoms with Crippen molar-refractivity contribution in [1.29, 1.82) is 0 Å². The standard InChI is InChI=1S/C10H18O4/c1-7(6-8(2)12-4)10(11)14-9(3)13-5/h6,8-9H,1-5H3/b7-6+. The van der Waals surface area contributed by atoms with E-state index in [0.29, 0.717) is 5.57 Å². The maximum absolute atomic E-state index is 11.3. The van der Waals surface area contributed by atoms with Crippen LogP contribution >= 0.6 is 0 Å². The fraction of sp³-hybridized carbons (Fsp3) is 0.700. The first-order valence-corrected chi connectivity index (χ1v) is 4.46. The molecule has 0 aliphatic carbocycles. The van der Waals surface area contributed by atoms with Gasteiger partial charge in [0.1, 0.15) is 0 Å². The van der Waals surface area contributed by atoms with Crippen molar-refractivity contribution in [2.45, 2.75) is 33.2 Å². The van der Waals surface area contributed by atoms with E-state index in [2.05, 4.69) is 0 Å². The Bertz CT molecular complexity index is 210. The molecule has 0 aliphatic rings. The molecule has 2 atom stereocenters. The Labute approximate surface area is 84.8 Å². The molecule has 0 saturated carbocycles. The third-order valence-electron chi connectivity index (χ3n) is 1.78. The number of carbonyl (C=O) groups excluding carboxylic acids is 1. The normalized spacial score (nSPS) is 16.2. The molecule has 0 radical (unpaired) electrons. The van der Waals surface area contributed by atoms with Gasteiger partial charge in [0, 0.05) is 19.8 Å². The summed E-state index contributed by atoms with van der Waals surface area (Å²) >= 11 is 0. The van der Waals surface area contributed by atoms with Crippen LogP contribution in [0.3, 0.4) is 0 Å². The number of ether oxygens (including phenoxy) is 3. The van der Waals surface area contributed by atoms with Gasteiger partial charge in [-0.3, -0.25) is 0 Å². The summed E-state index contributed by atoms with van der Waals surface area (Å²) in [5, 5.41) is 0. The summed E-state index contributed by atoms with van der Waals surface area (Å²) in [6.07, 6.45) is 1.08. The molecular formula is C10H18O4. The highest BCUT2D eigenvalue weighted by molar-refractivity contribution is 5.87. The van der Waals surface area contributed by atoms with Gasteiger partial charge in [0.15, 0.2) is 6.29 Å². The predicted octanol–water partition coefficient (Wildman–Crippen LogP) is 1.50. The Morgan fingerprint density at radius 1 is 1.21 bits per heavy atom. The fourth-order valence-corrected chi connectivity index (χ4v) is 0.780. The molecule has 2 unspecified atom stereocenters. The molecule has 0 aliphatic heterocycles. The molecule has 0 heterocycles. The molecule has 0 aromatic carbocycles. The van der Waals surface area contributed by atoms with E-state index >= 15 is 0 Å². The van der Waals surface area contributed by atoms with Crippen molar-refractivity contribution < 1.29 is 19.0 Å². The smallest absolute Gasteiger partial charge is 0.335 e. The van der Waals surface area contributed by atoms with E-state index in [4.69, 9.17) is 14.2 Å². The largest absolute Gasteiger partial charge is 0.433 e. The molecule has 0 N–H and O–H groups in total. The summed E-state index contributed by atoms with van der Waals surface area (Å²) in [6, 6.07) is 0. The summed E-state index contributed by atoms with van der Waals surface area (Å²) < 4.78 is 14.7. The third-order valence-corrected chi connectivity index (χ3v) is 1.78. The molecule has 0 saturated heterocycles. The van der Waals surface area contributed by atoms with Crippen LogP contribution < -0.4 is 0 Å². The molecule has 0 fully saturated rings. The molecule has 14 heavy (non-hydrogen) atoms. The van der Waals surface area contributed by atoms with E-state index in [-0.39, 0.29) is 12.1 Å². The summed E-state index contributed by atoms with van der Waals surface area (Å²) in [5.74, 6) is -0.386. The zero-order valence-corrected chi connectivity index (χ0v) is 9.37. The van der Waals surface area contributed by atoms with Crippen LogP contribution in [0.25, 0.3) is 0 Å². The van der Waals surface area contributed by atoms with Crippen LogP contribution in [0.15, 0.2) is 11.6 Å². The van der Waals surface area contributed by atoms with Crippen molar-refractivity contribution >= 4 is 5.97 Å². The summed E-state index contributed by atoms with van der Waals surface area (Å²) in [6.45, 7) is 5.18. The zero-order chi connectivity index (χ0) is 11.1. The fourth-order valence-electron chi connectivity index (χ4n) is 0.780. The molecule has 0 aromatic rings. The van der Waals surface area contributed by atoms with E-state index in [1.807, 2.05) is 6.92 Å². The first-order valence-electron chi connectivity index (χ1n) is 4.46. The molecule has 0 rings (SSSR count). The summed E-state index contributed by atoms with van der Waals surface area (Å²) in [7, 11) is 3.06. The van der Waals surface area contributed by atoms with Crippen LogP contribution in [-0.4, -0.2) is 32.6 Å². The Kier molecular flexibility index (Phi) is 6.16. The lowest BCUT2D eigenvalue weighted by atomic mass is 10.2. The minimum atomic E-state index is -0.524. The molecule has 4 heteroatoms. The summed E-state index contributed by atoms with van der Waals surface area (Å²) in [5.41, 5.74) is 0.517. The van der Waals surface area contributed by atoms with Crippen LogP contribution in [0.1, 0.15) is 20.8 Å². The molecule has 0 amide bonds. The van der Waals surface area contributed by atoms with E-state index in [0.717, 1.165) is 0 Å². The molecule has 4 nitrogen and oxygen atoms in total. The van der Waals surface area contributed by atoms with Gasteiger partial charge in [0.2, 0.25) is 0 Å². The van der Waals surface area contributed by atoms with Crippen LogP contribution in [0, 0.1) is 0 Å². The van der Waals surface area contributed by atoms with Gasteiger partial charge in [0.05, 0.1) is 6.10 Å². The minimum Gasteiger partial charge on any atom is -0.433 e. The van der Waals surface area contributed by atoms with E-state index in [1.54, 1.807) is 27.0 Å². The van der Waals surface area contributed by atoms with Crippen molar-refractivity contribution in [2.24, 2.45) is 0 Å². The van der Waals surface area contributed by atoms with Crippen LogP contribution in [0.2, 0.25) is 0 Å². The number of hydrogen-bond donors (Lipinski definition) is 0. The van der Waals surface area contributed by atoms with Gasteiger partial charge in [-0.25, -0.2) is 4.79 Å². The Morgan fingerprint density at radius 3 is 2.21 bits per heavy atom. The quantitative estimate of drug-likeness (QED) is 0.385. The van der Waals surface area contributed by atoms with Crippen molar-refractivity contribution in [2.75, 3.05) is 14.2 Å². The summed E-state index contributed by atoms with van der Waals surface area (Å²) in [4.78, 5) is 11.3. The lowest BCUT2D eigenvalue weighted by molar-refractivity contribution is -0.164. The van der Waals surface area contributed by atoms with Gasteiger partial charge in [0.25, 0.3) is 0 Å². The van der Waals surface area contributed by atoms with Crippen molar-refractivity contribution in [3.8, 4) is 0 Å². The first-order chi connectivity index (χ1) is 6.51. The average Bonchev–Trinajstić information content (AvgIpc) is 2.17. The van der Waals surface area contributed by atoms with Crippen molar-refractivity contribution in [3.05, 3.63) is 11.6 Å². The maximum atomic E-state index is 11.3. The average molecular weight is 202 g/mol. The van der Waals surface area contributed by atoms with Gasteiger partial charge >= 0.3 is 5.97 Å². The lowest BCUT2D eigenvalue weighted by Crippen LogP contribution is -2.18. The van der Waals surface area contributed by atoms with Gasteiger partial charge in [-0.15, -0.1) is 0 Å². The van der Waals surface area contributed by atoms with E-state index in [9.17, 15) is 4.79 Å². The number of methoxy groups -OCH3 is 2. The zero-order valence-electron chi connectivity index (χ0n) is 9.37. The van der Waals surface area contributed by atoms with E-state index < -0.39 is 6.29 Å². The SMILES string of the molecule is COC(C)/C=C(\C)C(=O)OC(C)OC. The molecular weight excluding hydrogens is 184 g/mol. The van der Waals surface area contributed by atoms with Crippen LogP contribution in [0.5, 0.6) is 0 Å². The highest BCUT2D eigenvalue weighted by Crippen LogP contribution is 2.03. The predicted molar refractivity (Wildman–Crippen MR) is 52.8 cm³/mol. The van der Waals surface area contributed by atoms with Gasteiger partial charge in [-0.2, -0.15) is 0 Å². The second-order valence-electron chi connectivity index (χ2n) is 3.00. The third kappa shape index (κ3) is 4.99. The number of esters is 1. The van der Waals surface area contributed by atoms with Crippen molar-refractivity contribution in [3.63, 3.8) is 0 Å². The number of carbonyl (C=O) groups is 1. The lowest BCUT2D eigenvalue weighted by Gasteiger charge is -2.12. The molecule has 0 aromatic heterocycles. The topological polar surface area (TPSA) is 44.8 Å². The minimum absolute atomic E-state index is 0.0969. The number of hydrogen-bond acceptors (Lipinski definition) is 4. The Balaban J connectivity index is 4.18. The highest BCUT2D eigenvalue weighted by atomic mass is 16.7. The van der Waals surface area contributed by atoms with Crippen LogP contribution in [0.4, 0.5) is 0 Å². The molecule has 82 valence electrons. The monoisotopic (exact) mass is 202 g/mol. The molecule has 0 spiro atoms. The maximum Gasteiger partial charge on any atom is 0.335 e.